The van der Waals surface area contributed by atoms with Gasteiger partial charge in [-0.1, -0.05) is 64.8 Å². The topological polar surface area (TPSA) is 141 Å². The van der Waals surface area contributed by atoms with Crippen molar-refractivity contribution in [1.29, 1.82) is 0 Å². The van der Waals surface area contributed by atoms with Gasteiger partial charge in [-0.05, 0) is 49.7 Å². The predicted octanol–water partition coefficient (Wildman–Crippen LogP) is 6.48. The summed E-state index contributed by atoms with van der Waals surface area (Å²) in [5.41, 5.74) is 3.47. The number of nitrogens with zero attached hydrogens (tertiary/aromatic N) is 4. The number of aromatic nitrogens is 4. The minimum atomic E-state index is -0.472. The number of benzene rings is 1. The third-order valence-corrected chi connectivity index (χ3v) is 9.57. The number of carbonyl (C=O) groups excluding carboxylic acids is 4. The van der Waals surface area contributed by atoms with Gasteiger partial charge in [-0.15, -0.1) is 0 Å². The Morgan fingerprint density at radius 3 is 1.31 bits per heavy atom. The number of rotatable bonds is 24. The molecule has 0 saturated heterocycles. The van der Waals surface area contributed by atoms with Gasteiger partial charge in [0, 0.05) is 62.6 Å². The summed E-state index contributed by atoms with van der Waals surface area (Å²) in [6.07, 6.45) is 13.1. The molecule has 0 spiro atoms. The van der Waals surface area contributed by atoms with E-state index in [1.54, 1.807) is 25.0 Å². The highest BCUT2D eigenvalue weighted by Gasteiger charge is 2.32. The fraction of sp³-hybridized carbons (Fsp3) is 0.600. The molecular formula is C40H58N4O8. The molecule has 0 radical (unpaired) electrons. The largest absolute Gasteiger partial charge is 0.465 e. The van der Waals surface area contributed by atoms with Crippen molar-refractivity contribution in [3.8, 4) is 0 Å². The van der Waals surface area contributed by atoms with Crippen molar-refractivity contribution in [3.63, 3.8) is 0 Å². The highest BCUT2D eigenvalue weighted by atomic mass is 16.5. The fourth-order valence-corrected chi connectivity index (χ4v) is 6.16. The van der Waals surface area contributed by atoms with Crippen molar-refractivity contribution in [2.24, 2.45) is 37.8 Å². The molecule has 0 aliphatic carbocycles. The Bertz CT molecular complexity index is 1420. The van der Waals surface area contributed by atoms with E-state index in [9.17, 15) is 19.2 Å². The molecule has 0 amide bonds. The lowest BCUT2D eigenvalue weighted by molar-refractivity contribution is -0.156. The summed E-state index contributed by atoms with van der Waals surface area (Å²) in [6, 6.07) is 7.38. The molecular weight excluding hydrogens is 664 g/mol. The molecule has 2 heterocycles. The first kappa shape index (κ1) is 41.9. The predicted molar refractivity (Wildman–Crippen MR) is 195 cm³/mol. The van der Waals surface area contributed by atoms with Gasteiger partial charge >= 0.3 is 23.9 Å². The van der Waals surface area contributed by atoms with Crippen molar-refractivity contribution in [1.82, 2.24) is 19.1 Å². The van der Waals surface area contributed by atoms with Crippen LogP contribution in [0.4, 0.5) is 0 Å². The Kier molecular flexibility index (Phi) is 18.1. The van der Waals surface area contributed by atoms with E-state index in [2.05, 4.69) is 9.97 Å². The quantitative estimate of drug-likeness (QED) is 0.0746. The van der Waals surface area contributed by atoms with Crippen LogP contribution < -0.4 is 0 Å². The molecule has 12 heteroatoms. The van der Waals surface area contributed by atoms with Crippen molar-refractivity contribution in [3.05, 3.63) is 71.8 Å². The number of hydrogen-bond acceptors (Lipinski definition) is 10. The number of ether oxygens (including phenoxy) is 4. The van der Waals surface area contributed by atoms with E-state index < -0.39 is 11.8 Å². The van der Waals surface area contributed by atoms with E-state index in [0.29, 0.717) is 38.5 Å². The summed E-state index contributed by atoms with van der Waals surface area (Å²) in [5.74, 6) is -2.69. The van der Waals surface area contributed by atoms with Gasteiger partial charge in [-0.25, -0.2) is 9.97 Å². The first-order chi connectivity index (χ1) is 25.1. The van der Waals surface area contributed by atoms with Gasteiger partial charge in [0.05, 0.1) is 37.7 Å². The lowest BCUT2D eigenvalue weighted by atomic mass is 9.87. The van der Waals surface area contributed by atoms with E-state index in [1.807, 2.05) is 75.2 Å². The molecule has 3 aromatic rings. The monoisotopic (exact) mass is 722 g/mol. The van der Waals surface area contributed by atoms with Crippen LogP contribution in [0.15, 0.2) is 49.3 Å². The third kappa shape index (κ3) is 13.6. The first-order valence-corrected chi connectivity index (χ1v) is 18.7. The van der Waals surface area contributed by atoms with Crippen LogP contribution in [0.25, 0.3) is 0 Å². The van der Waals surface area contributed by atoms with Crippen LogP contribution in [0.5, 0.6) is 0 Å². The number of aryl methyl sites for hydroxylation is 2. The second-order valence-electron chi connectivity index (χ2n) is 13.6. The van der Waals surface area contributed by atoms with Crippen LogP contribution >= 0.6 is 0 Å². The van der Waals surface area contributed by atoms with Crippen LogP contribution in [0.3, 0.4) is 0 Å². The van der Waals surface area contributed by atoms with Crippen LogP contribution in [0, 0.1) is 23.7 Å². The van der Waals surface area contributed by atoms with Gasteiger partial charge in [0.15, 0.2) is 0 Å². The van der Waals surface area contributed by atoms with Gasteiger partial charge in [0.1, 0.15) is 13.2 Å². The van der Waals surface area contributed by atoms with E-state index in [-0.39, 0.29) is 62.1 Å². The van der Waals surface area contributed by atoms with E-state index in [4.69, 9.17) is 18.9 Å². The summed E-state index contributed by atoms with van der Waals surface area (Å²) in [7, 11) is 3.79. The molecule has 286 valence electrons. The average Bonchev–Trinajstić information content (AvgIpc) is 3.75. The van der Waals surface area contributed by atoms with Crippen molar-refractivity contribution < 1.29 is 38.1 Å². The summed E-state index contributed by atoms with van der Waals surface area (Å²) in [5, 5.41) is 0. The fourth-order valence-electron chi connectivity index (χ4n) is 6.16. The summed E-state index contributed by atoms with van der Waals surface area (Å²) >= 11 is 0. The maximum atomic E-state index is 13.4. The van der Waals surface area contributed by atoms with Gasteiger partial charge < -0.3 is 28.1 Å². The number of esters is 4. The Hall–Kier alpha value is -4.48. The van der Waals surface area contributed by atoms with Crippen molar-refractivity contribution in [2.75, 3.05) is 13.2 Å². The second kappa shape index (κ2) is 22.5. The van der Waals surface area contributed by atoms with Crippen LogP contribution in [0.2, 0.25) is 0 Å². The number of unbranched alkanes of at least 4 members (excludes halogenated alkanes) is 2. The molecule has 3 rings (SSSR count). The normalized spacial score (nSPS) is 13.5. The molecule has 0 aliphatic heterocycles. The van der Waals surface area contributed by atoms with Crippen molar-refractivity contribution in [2.45, 2.75) is 105 Å². The standard InChI is InChI=1S/C40H58N4O8/c1-7-11-13-37(45)49-25-31(19-33-21-41-27-43(33)5)35(9-3)39(47)51-23-29-15-17-30(18-16-29)24-52-40(48)36(10-4)32(20-34-22-42-28-44(34)6)26-50-38(46)14-12-8-2/h15-18,21-22,27-28,31-32,35-36H,7-14,19-20,23-26H2,1-6H3/t31-,32-,35-,36-/m0/s1. The van der Waals surface area contributed by atoms with Gasteiger partial charge in [-0.2, -0.15) is 0 Å². The molecule has 0 bridgehead atoms. The van der Waals surface area contributed by atoms with Gasteiger partial charge in [-0.3, -0.25) is 19.2 Å². The molecule has 52 heavy (non-hydrogen) atoms. The Morgan fingerprint density at radius 2 is 1.00 bits per heavy atom. The average molecular weight is 723 g/mol. The van der Waals surface area contributed by atoms with Crippen molar-refractivity contribution >= 4 is 23.9 Å². The lowest BCUT2D eigenvalue weighted by Crippen LogP contribution is -2.31. The summed E-state index contributed by atoms with van der Waals surface area (Å²) in [6.45, 7) is 8.31. The Morgan fingerprint density at radius 1 is 0.615 bits per heavy atom. The van der Waals surface area contributed by atoms with Crippen LogP contribution in [-0.4, -0.2) is 56.2 Å². The molecule has 0 saturated carbocycles. The second-order valence-corrected chi connectivity index (χ2v) is 13.6. The van der Waals surface area contributed by atoms with Crippen LogP contribution in [-0.2, 0) is 78.3 Å². The number of hydrogen-bond donors (Lipinski definition) is 0. The minimum Gasteiger partial charge on any atom is -0.465 e. The lowest BCUT2D eigenvalue weighted by Gasteiger charge is -2.25. The van der Waals surface area contributed by atoms with Gasteiger partial charge in [0.2, 0.25) is 0 Å². The maximum Gasteiger partial charge on any atom is 0.309 e. The van der Waals surface area contributed by atoms with E-state index in [1.165, 1.54) is 0 Å². The Balaban J connectivity index is 1.58. The first-order valence-electron chi connectivity index (χ1n) is 18.7. The molecule has 0 aliphatic rings. The number of imidazole rings is 2. The van der Waals surface area contributed by atoms with E-state index >= 15 is 0 Å². The van der Waals surface area contributed by atoms with E-state index in [0.717, 1.165) is 48.2 Å². The highest BCUT2D eigenvalue weighted by molar-refractivity contribution is 5.74. The van der Waals surface area contributed by atoms with Gasteiger partial charge in [0.25, 0.3) is 0 Å². The maximum absolute atomic E-state index is 13.4. The molecule has 12 nitrogen and oxygen atoms in total. The molecule has 1 aromatic carbocycles. The zero-order valence-electron chi connectivity index (χ0n) is 31.9. The third-order valence-electron chi connectivity index (χ3n) is 9.57. The zero-order valence-corrected chi connectivity index (χ0v) is 31.9. The molecule has 0 N–H and O–H groups in total. The molecule has 4 atom stereocenters. The minimum absolute atomic E-state index is 0.0781. The molecule has 0 fully saturated rings. The number of carbonyl (C=O) groups is 4. The summed E-state index contributed by atoms with van der Waals surface area (Å²) in [4.78, 5) is 59.8. The SMILES string of the molecule is CCCCC(=O)OC[C@H](Cc1cncn1C)[C@H](CC)C(=O)OCc1ccc(COC(=O)[C@@H](CC)[C@H](COC(=O)CCCC)Cc2cncn2C)cc1. The zero-order chi connectivity index (χ0) is 37.9. The molecule has 2 aromatic heterocycles. The Labute approximate surface area is 308 Å². The smallest absolute Gasteiger partial charge is 0.309 e. The highest BCUT2D eigenvalue weighted by Crippen LogP contribution is 2.26. The summed E-state index contributed by atoms with van der Waals surface area (Å²) < 4.78 is 26.6. The van der Waals surface area contributed by atoms with Crippen LogP contribution in [0.1, 0.15) is 102 Å². The molecule has 0 unspecified atom stereocenters.